The predicted molar refractivity (Wildman–Crippen MR) is 406 cm³/mol. The number of aliphatic hydroxyl groups is 23. The van der Waals surface area contributed by atoms with Gasteiger partial charge < -0.3 is 213 Å². The SMILES string of the molecule is CC1OC(OC2C(C)OC(OC(=O)[C@]34CCC(C)(C)CC3C3=CCC5[C@@]6(C)CC[C@H](OC7OC(C(=O)O)C(O)C(OC8OCC(O)C(O)C8O)C7OC7OC(CO)C(O)C(O)C7O)CC6[C@@](C)(C=O)C[C@@]5(C)[C@]3(C)C[C@H]4O)C(OC3OC(C)C(OC4OCC(O)C(OC5OC(CO)C(O)C(O)C5O)C4O)C(O)C3O)C2O)C(O)C(OC2OCC(O)C(O)C2O)C1O. The van der Waals surface area contributed by atoms with Crippen molar-refractivity contribution in [1.29, 1.82) is 0 Å². The first-order valence-corrected chi connectivity index (χ1v) is 43.3. The van der Waals surface area contributed by atoms with Crippen molar-refractivity contribution in [2.75, 3.05) is 33.0 Å². The van der Waals surface area contributed by atoms with Gasteiger partial charge in [0.15, 0.2) is 62.5 Å². The Bertz CT molecular complexity index is 3740. The summed E-state index contributed by atoms with van der Waals surface area (Å²) in [7, 11) is 0. The zero-order chi connectivity index (χ0) is 91.9. The molecule has 0 amide bonds. The fraction of sp³-hybridized carbons (Fsp3) is 0.938. The maximum atomic E-state index is 16.4. The maximum Gasteiger partial charge on any atom is 0.335 e. The van der Waals surface area contributed by atoms with E-state index in [9.17, 15) is 132 Å². The molecule has 45 heteroatoms. The minimum Gasteiger partial charge on any atom is -0.479 e. The number of ether oxygens (including phenoxy) is 18. The summed E-state index contributed by atoms with van der Waals surface area (Å²) in [6, 6.07) is 0. The van der Waals surface area contributed by atoms with E-state index < -0.39 is 360 Å². The Morgan fingerprint density at radius 2 is 0.897 bits per heavy atom. The van der Waals surface area contributed by atoms with Gasteiger partial charge in [-0.25, -0.2) is 4.79 Å². The summed E-state index contributed by atoms with van der Waals surface area (Å²) in [4.78, 5) is 43.9. The lowest BCUT2D eigenvalue weighted by Crippen LogP contribution is -2.70. The van der Waals surface area contributed by atoms with Gasteiger partial charge in [0, 0.05) is 5.41 Å². The third kappa shape index (κ3) is 17.6. The van der Waals surface area contributed by atoms with Crippen molar-refractivity contribution in [3.63, 3.8) is 0 Å². The Morgan fingerprint density at radius 3 is 1.47 bits per heavy atom. The van der Waals surface area contributed by atoms with Crippen LogP contribution < -0.4 is 0 Å². The lowest BCUT2D eigenvalue weighted by molar-refractivity contribution is -0.392. The van der Waals surface area contributed by atoms with Crippen molar-refractivity contribution in [2.24, 2.45) is 50.2 Å². The molecule has 24 N–H and O–H groups in total. The van der Waals surface area contributed by atoms with Crippen molar-refractivity contribution in [1.82, 2.24) is 0 Å². The fourth-order valence-corrected chi connectivity index (χ4v) is 23.0. The molecule has 722 valence electrons. The number of aliphatic carboxylic acids is 1. The summed E-state index contributed by atoms with van der Waals surface area (Å²) in [6.07, 6.45) is -76.0. The number of allylic oxidation sites excluding steroid dienone is 2. The molecule has 14 rings (SSSR count). The normalized spacial score (nSPS) is 55.3. The number of carbonyl (C=O) groups excluding carboxylic acids is 2. The number of carboxylic acid groups (broad SMARTS) is 1. The molecule has 9 aliphatic heterocycles. The molecule has 126 heavy (non-hydrogen) atoms. The largest absolute Gasteiger partial charge is 0.479 e. The van der Waals surface area contributed by atoms with E-state index in [1.54, 1.807) is 0 Å². The second-order valence-corrected chi connectivity index (χ2v) is 38.9. The highest BCUT2D eigenvalue weighted by Crippen LogP contribution is 2.77. The number of hydrogen-bond acceptors (Lipinski definition) is 44. The number of aldehydes is 1. The number of rotatable bonds is 22. The van der Waals surface area contributed by atoms with E-state index in [4.69, 9.17) is 85.3 Å². The van der Waals surface area contributed by atoms with Gasteiger partial charge in [-0.15, -0.1) is 0 Å². The molecule has 5 aliphatic carbocycles. The van der Waals surface area contributed by atoms with E-state index in [2.05, 4.69) is 19.9 Å². The standard InChI is InChI=1S/C81H128O45/c1-26-40(89)60(121-66-48(97)41(90)32(85)21-109-66)56(105)72(112-26)119-58-28(3)114-73(63(53(58)102)124-69-52(101)47(96)57(27(2)113-69)118-68-55(104)59(34(87)23-111-68)120-70-50(99)45(94)43(92)35(19-82)116-70)126-75(108)81-15-14-76(4,5)17-31(81)30-10-11-37-78(7)13-12-29(16-38(78)77(6,25-84)24-80(37,9)79(30,8)18-39(81)88)115-74-64(125-71-51(100)46(95)44(93)36(20-83)117-71)61(54(103)62(123-74)65(106)107)122-67-49(98)42(91)33(86)22-110-67/h10,25-29,31-64,66-74,82-83,85-105H,11-24H2,1-9H3,(H,106,107)/t26?,27?,28?,29-,31?,32?,33?,34?,35?,36?,37?,38?,39+,40?,41?,42?,43?,44?,45?,46?,47?,48?,49?,50?,51?,52?,53?,54?,55?,56?,57?,58?,59?,60?,61?,62?,63?,64?,66?,67?,68?,69?,70?,71?,72?,73?,74?,77+,78+,79+,80+,81+/m0/s1. The second kappa shape index (κ2) is 37.8. The molecule has 0 aromatic carbocycles. The summed E-state index contributed by atoms with van der Waals surface area (Å²) in [6.45, 7) is 12.6. The van der Waals surface area contributed by atoms with Gasteiger partial charge in [-0.3, -0.25) is 4.79 Å². The zero-order valence-electron chi connectivity index (χ0n) is 71.0. The number of carbonyl (C=O) groups is 3. The molecular weight excluding hydrogens is 1690 g/mol. The third-order valence-corrected chi connectivity index (χ3v) is 30.4. The quantitative estimate of drug-likeness (QED) is 0.0207. The molecule has 0 bridgehead atoms. The van der Waals surface area contributed by atoms with Crippen LogP contribution in [0.3, 0.4) is 0 Å². The molecule has 0 aromatic heterocycles. The molecule has 52 atom stereocenters. The van der Waals surface area contributed by atoms with Crippen LogP contribution in [0.1, 0.15) is 120 Å². The molecule has 14 aliphatic rings. The number of fused-ring (bicyclic) bond motifs is 7. The average molecular weight is 1820 g/mol. The Balaban J connectivity index is 0.737. The third-order valence-electron chi connectivity index (χ3n) is 30.4. The monoisotopic (exact) mass is 1820 g/mol. The van der Waals surface area contributed by atoms with Gasteiger partial charge in [0.2, 0.25) is 6.29 Å². The second-order valence-electron chi connectivity index (χ2n) is 38.9. The molecular formula is C81H128O45. The van der Waals surface area contributed by atoms with Crippen LogP contribution in [-0.4, -0.2) is 444 Å². The predicted octanol–water partition coefficient (Wildman–Crippen LogP) is -9.67. The average Bonchev–Trinajstić information content (AvgIpc) is 0.664. The van der Waals surface area contributed by atoms with E-state index in [0.717, 1.165) is 11.9 Å². The van der Waals surface area contributed by atoms with Gasteiger partial charge in [0.25, 0.3) is 0 Å². The first-order valence-electron chi connectivity index (χ1n) is 43.3. The Labute approximate surface area is 723 Å². The lowest BCUT2D eigenvalue weighted by atomic mass is 9.32. The minimum absolute atomic E-state index is 0.00350. The summed E-state index contributed by atoms with van der Waals surface area (Å²) >= 11 is 0. The van der Waals surface area contributed by atoms with Crippen molar-refractivity contribution < 1.29 is 222 Å². The molecule has 13 fully saturated rings. The fourth-order valence-electron chi connectivity index (χ4n) is 23.0. The van der Waals surface area contributed by atoms with Gasteiger partial charge in [-0.05, 0) is 118 Å². The van der Waals surface area contributed by atoms with Gasteiger partial charge in [-0.1, -0.05) is 53.2 Å². The van der Waals surface area contributed by atoms with Crippen LogP contribution in [0.2, 0.25) is 0 Å². The number of carboxylic acids is 1. The Kier molecular flexibility index (Phi) is 29.6. The highest BCUT2D eigenvalue weighted by atomic mass is 16.8. The lowest BCUT2D eigenvalue weighted by Gasteiger charge is -2.72. The number of esters is 1. The first kappa shape index (κ1) is 98.7. The van der Waals surface area contributed by atoms with E-state index in [1.807, 2.05) is 27.7 Å². The van der Waals surface area contributed by atoms with Gasteiger partial charge in [0.1, 0.15) is 183 Å². The van der Waals surface area contributed by atoms with Crippen LogP contribution in [0, 0.1) is 50.2 Å². The van der Waals surface area contributed by atoms with Crippen LogP contribution in [-0.2, 0) is 99.6 Å². The van der Waals surface area contributed by atoms with Crippen LogP contribution >= 0.6 is 0 Å². The smallest absolute Gasteiger partial charge is 0.335 e. The molecule has 45 nitrogen and oxygen atoms in total. The van der Waals surface area contributed by atoms with Gasteiger partial charge in [-0.2, -0.15) is 0 Å². The Hall–Kier alpha value is -3.25. The summed E-state index contributed by atoms with van der Waals surface area (Å²) in [5.74, 6) is -4.49. The topological polar surface area (TPSA) is 703 Å². The van der Waals surface area contributed by atoms with Gasteiger partial charge >= 0.3 is 11.9 Å². The van der Waals surface area contributed by atoms with Crippen LogP contribution in [0.15, 0.2) is 11.6 Å². The van der Waals surface area contributed by atoms with Crippen molar-refractivity contribution in [3.05, 3.63) is 11.6 Å². The molecule has 9 heterocycles. The summed E-state index contributed by atoms with van der Waals surface area (Å²) in [5, 5.41) is 267. The first-order chi connectivity index (χ1) is 59.1. The zero-order valence-corrected chi connectivity index (χ0v) is 71.0. The molecule has 45 unspecified atom stereocenters. The van der Waals surface area contributed by atoms with Crippen molar-refractivity contribution in [2.45, 2.75) is 390 Å². The van der Waals surface area contributed by atoms with E-state index >= 15 is 4.79 Å². The summed E-state index contributed by atoms with van der Waals surface area (Å²) < 4.78 is 109. The van der Waals surface area contributed by atoms with Crippen molar-refractivity contribution in [3.8, 4) is 0 Å². The van der Waals surface area contributed by atoms with Crippen LogP contribution in [0.4, 0.5) is 0 Å². The molecule has 0 radical (unpaired) electrons. The number of hydrogen-bond donors (Lipinski definition) is 24. The van der Waals surface area contributed by atoms with Crippen LogP contribution in [0.25, 0.3) is 0 Å². The maximum absolute atomic E-state index is 16.4. The summed E-state index contributed by atoms with van der Waals surface area (Å²) in [5.41, 5.74) is -5.58. The van der Waals surface area contributed by atoms with Gasteiger partial charge in [0.05, 0.1) is 63.6 Å². The highest BCUT2D eigenvalue weighted by molar-refractivity contribution is 5.80. The number of aliphatic hydroxyl groups excluding tert-OH is 23. The molecule has 4 saturated carbocycles. The molecule has 9 saturated heterocycles. The molecule has 0 spiro atoms. The van der Waals surface area contributed by atoms with E-state index in [1.165, 1.54) is 20.8 Å². The highest BCUT2D eigenvalue weighted by Gasteiger charge is 2.74. The minimum atomic E-state index is -2.23. The van der Waals surface area contributed by atoms with E-state index in [-0.39, 0.29) is 44.4 Å². The Morgan fingerprint density at radius 1 is 0.429 bits per heavy atom. The molecule has 0 aromatic rings. The van der Waals surface area contributed by atoms with E-state index in [0.29, 0.717) is 19.3 Å². The van der Waals surface area contributed by atoms with Crippen molar-refractivity contribution >= 4 is 18.2 Å². The van der Waals surface area contributed by atoms with Crippen LogP contribution in [0.5, 0.6) is 0 Å².